The second-order valence-corrected chi connectivity index (χ2v) is 3.70. The highest BCUT2D eigenvalue weighted by molar-refractivity contribution is 5.77. The third-order valence-corrected chi connectivity index (χ3v) is 2.72. The van der Waals surface area contributed by atoms with Crippen LogP contribution in [0, 0.1) is 6.92 Å². The SMILES string of the molecule is CCOC(=O)C1CCCn2c(C)nnc21. The van der Waals surface area contributed by atoms with E-state index in [1.807, 2.05) is 18.4 Å². The lowest BCUT2D eigenvalue weighted by molar-refractivity contribution is -0.145. The third kappa shape index (κ3) is 1.73. The van der Waals surface area contributed by atoms with Gasteiger partial charge in [-0.3, -0.25) is 4.79 Å². The molecule has 5 heteroatoms. The topological polar surface area (TPSA) is 57.0 Å². The van der Waals surface area contributed by atoms with Crippen molar-refractivity contribution in [2.45, 2.75) is 39.2 Å². The lowest BCUT2D eigenvalue weighted by atomic mass is 9.99. The molecule has 1 aromatic heterocycles. The molecule has 1 unspecified atom stereocenters. The predicted molar refractivity (Wildman–Crippen MR) is 53.4 cm³/mol. The number of ether oxygens (including phenoxy) is 1. The first-order valence-corrected chi connectivity index (χ1v) is 5.30. The summed E-state index contributed by atoms with van der Waals surface area (Å²) in [6, 6.07) is 0. The summed E-state index contributed by atoms with van der Waals surface area (Å²) in [5.41, 5.74) is 0. The van der Waals surface area contributed by atoms with E-state index in [1.54, 1.807) is 0 Å². The number of aryl methyl sites for hydroxylation is 1. The van der Waals surface area contributed by atoms with Crippen molar-refractivity contribution in [1.82, 2.24) is 14.8 Å². The molecular formula is C10H15N3O2. The van der Waals surface area contributed by atoms with E-state index >= 15 is 0 Å². The number of hydrogen-bond acceptors (Lipinski definition) is 4. The summed E-state index contributed by atoms with van der Waals surface area (Å²) < 4.78 is 7.03. The minimum atomic E-state index is -0.222. The van der Waals surface area contributed by atoms with Crippen LogP contribution in [0.5, 0.6) is 0 Å². The molecule has 0 aromatic carbocycles. The fourth-order valence-corrected chi connectivity index (χ4v) is 1.98. The zero-order valence-corrected chi connectivity index (χ0v) is 9.06. The van der Waals surface area contributed by atoms with Gasteiger partial charge in [-0.2, -0.15) is 0 Å². The molecule has 82 valence electrons. The highest BCUT2D eigenvalue weighted by Crippen LogP contribution is 2.27. The van der Waals surface area contributed by atoms with Crippen molar-refractivity contribution in [2.75, 3.05) is 6.61 Å². The summed E-state index contributed by atoms with van der Waals surface area (Å²) in [6.45, 7) is 5.05. The van der Waals surface area contributed by atoms with E-state index in [9.17, 15) is 4.79 Å². The average Bonchev–Trinajstić information content (AvgIpc) is 2.61. The summed E-state index contributed by atoms with van der Waals surface area (Å²) in [5.74, 6) is 1.24. The lowest BCUT2D eigenvalue weighted by Crippen LogP contribution is -2.24. The van der Waals surface area contributed by atoms with Gasteiger partial charge in [0.05, 0.1) is 6.61 Å². The first-order valence-electron chi connectivity index (χ1n) is 5.30. The minimum Gasteiger partial charge on any atom is -0.465 e. The number of nitrogens with zero attached hydrogens (tertiary/aromatic N) is 3. The molecule has 0 saturated carbocycles. The van der Waals surface area contributed by atoms with Crippen molar-refractivity contribution in [2.24, 2.45) is 0 Å². The average molecular weight is 209 g/mol. The fraction of sp³-hybridized carbons (Fsp3) is 0.700. The molecule has 15 heavy (non-hydrogen) atoms. The number of carbonyl (C=O) groups is 1. The Morgan fingerprint density at radius 2 is 2.40 bits per heavy atom. The normalized spacial score (nSPS) is 19.7. The Kier molecular flexibility index (Phi) is 2.70. The number of fused-ring (bicyclic) bond motifs is 1. The first-order chi connectivity index (χ1) is 7.24. The van der Waals surface area contributed by atoms with Crippen LogP contribution in [-0.2, 0) is 16.1 Å². The van der Waals surface area contributed by atoms with Crippen LogP contribution >= 0.6 is 0 Å². The molecule has 0 aliphatic carbocycles. The number of hydrogen-bond donors (Lipinski definition) is 0. The zero-order valence-electron chi connectivity index (χ0n) is 9.06. The molecule has 0 N–H and O–H groups in total. The van der Waals surface area contributed by atoms with Gasteiger partial charge >= 0.3 is 5.97 Å². The van der Waals surface area contributed by atoms with Crippen LogP contribution in [0.4, 0.5) is 0 Å². The molecule has 0 amide bonds. The van der Waals surface area contributed by atoms with Gasteiger partial charge in [0.15, 0.2) is 0 Å². The van der Waals surface area contributed by atoms with Crippen molar-refractivity contribution in [1.29, 1.82) is 0 Å². The van der Waals surface area contributed by atoms with E-state index in [-0.39, 0.29) is 11.9 Å². The zero-order chi connectivity index (χ0) is 10.8. The quantitative estimate of drug-likeness (QED) is 0.682. The van der Waals surface area contributed by atoms with Crippen LogP contribution < -0.4 is 0 Å². The van der Waals surface area contributed by atoms with Crippen molar-refractivity contribution in [3.63, 3.8) is 0 Å². The molecule has 0 bridgehead atoms. The first kappa shape index (κ1) is 10.1. The van der Waals surface area contributed by atoms with E-state index in [0.717, 1.165) is 31.0 Å². The Labute approximate surface area is 88.4 Å². The summed E-state index contributed by atoms with van der Waals surface area (Å²) in [5, 5.41) is 8.05. The molecular weight excluding hydrogens is 194 g/mol. The van der Waals surface area contributed by atoms with Gasteiger partial charge in [-0.15, -0.1) is 10.2 Å². The highest BCUT2D eigenvalue weighted by Gasteiger charge is 2.30. The van der Waals surface area contributed by atoms with Gasteiger partial charge in [-0.05, 0) is 26.7 Å². The molecule has 1 aromatic rings. The van der Waals surface area contributed by atoms with Gasteiger partial charge in [0, 0.05) is 6.54 Å². The van der Waals surface area contributed by atoms with Gasteiger partial charge in [0.25, 0.3) is 0 Å². The Morgan fingerprint density at radius 1 is 1.60 bits per heavy atom. The second-order valence-electron chi connectivity index (χ2n) is 3.70. The van der Waals surface area contributed by atoms with Crippen LogP contribution in [0.1, 0.15) is 37.3 Å². The van der Waals surface area contributed by atoms with Crippen LogP contribution in [0.25, 0.3) is 0 Å². The monoisotopic (exact) mass is 209 g/mol. The maximum Gasteiger partial charge on any atom is 0.316 e. The van der Waals surface area contributed by atoms with Gasteiger partial charge < -0.3 is 9.30 Å². The van der Waals surface area contributed by atoms with E-state index in [2.05, 4.69) is 10.2 Å². The molecule has 1 atom stereocenters. The standard InChI is InChI=1S/C10H15N3O2/c1-3-15-10(14)8-5-4-6-13-7(2)11-12-9(8)13/h8H,3-6H2,1-2H3. The van der Waals surface area contributed by atoms with E-state index < -0.39 is 0 Å². The Morgan fingerprint density at radius 3 is 3.13 bits per heavy atom. The molecule has 0 saturated heterocycles. The van der Waals surface area contributed by atoms with Crippen molar-refractivity contribution >= 4 is 5.97 Å². The van der Waals surface area contributed by atoms with Crippen molar-refractivity contribution < 1.29 is 9.53 Å². The summed E-state index contributed by atoms with van der Waals surface area (Å²) in [7, 11) is 0. The van der Waals surface area contributed by atoms with Crippen molar-refractivity contribution in [3.8, 4) is 0 Å². The van der Waals surface area contributed by atoms with Gasteiger partial charge in [-0.25, -0.2) is 0 Å². The van der Waals surface area contributed by atoms with Crippen LogP contribution in [0.15, 0.2) is 0 Å². The molecule has 1 aliphatic heterocycles. The van der Waals surface area contributed by atoms with Gasteiger partial charge in [0.1, 0.15) is 17.6 Å². The Balaban J connectivity index is 2.26. The predicted octanol–water partition coefficient (Wildman–Crippen LogP) is 1.03. The Bertz CT molecular complexity index is 373. The van der Waals surface area contributed by atoms with Crippen LogP contribution in [0.3, 0.4) is 0 Å². The third-order valence-electron chi connectivity index (χ3n) is 2.72. The number of aromatic nitrogens is 3. The van der Waals surface area contributed by atoms with E-state index in [0.29, 0.717) is 6.61 Å². The molecule has 0 radical (unpaired) electrons. The lowest BCUT2D eigenvalue weighted by Gasteiger charge is -2.21. The largest absolute Gasteiger partial charge is 0.465 e. The molecule has 0 spiro atoms. The summed E-state index contributed by atoms with van der Waals surface area (Å²) in [4.78, 5) is 11.7. The van der Waals surface area contributed by atoms with Crippen molar-refractivity contribution in [3.05, 3.63) is 11.6 Å². The highest BCUT2D eigenvalue weighted by atomic mass is 16.5. The van der Waals surface area contributed by atoms with Crippen LogP contribution in [-0.4, -0.2) is 27.3 Å². The maximum absolute atomic E-state index is 11.7. The van der Waals surface area contributed by atoms with Gasteiger partial charge in [-0.1, -0.05) is 0 Å². The molecule has 2 rings (SSSR count). The van der Waals surface area contributed by atoms with Crippen LogP contribution in [0.2, 0.25) is 0 Å². The molecule has 2 heterocycles. The number of esters is 1. The maximum atomic E-state index is 11.7. The fourth-order valence-electron chi connectivity index (χ4n) is 1.98. The summed E-state index contributed by atoms with van der Waals surface area (Å²) >= 11 is 0. The van der Waals surface area contributed by atoms with Gasteiger partial charge in [0.2, 0.25) is 0 Å². The Hall–Kier alpha value is -1.39. The number of rotatable bonds is 2. The molecule has 1 aliphatic rings. The number of carbonyl (C=O) groups excluding carboxylic acids is 1. The van der Waals surface area contributed by atoms with E-state index in [1.165, 1.54) is 0 Å². The smallest absolute Gasteiger partial charge is 0.316 e. The molecule has 5 nitrogen and oxygen atoms in total. The molecule has 0 fully saturated rings. The minimum absolute atomic E-state index is 0.175. The summed E-state index contributed by atoms with van der Waals surface area (Å²) in [6.07, 6.45) is 1.80. The second kappa shape index (κ2) is 4.00. The van der Waals surface area contributed by atoms with E-state index in [4.69, 9.17) is 4.74 Å².